The first-order valence-corrected chi connectivity index (χ1v) is 9.46. The standard InChI is InChI=1S/C17H28N2O2S2/c1-5-6-7-8-9-10-11-18-17(22)19-15-14(16(20)21-4)12(2)13(3)23-15/h5-11H2,1-4H3,(H2,18,19,22). The molecule has 2 N–H and O–H groups in total. The van der Waals surface area contributed by atoms with E-state index in [1.54, 1.807) is 0 Å². The third-order valence-electron chi connectivity index (χ3n) is 3.82. The van der Waals surface area contributed by atoms with Crippen LogP contribution in [0.15, 0.2) is 0 Å². The summed E-state index contributed by atoms with van der Waals surface area (Å²) < 4.78 is 4.86. The van der Waals surface area contributed by atoms with E-state index < -0.39 is 0 Å². The zero-order valence-electron chi connectivity index (χ0n) is 14.6. The number of thiocarbonyl (C=S) groups is 1. The molecule has 6 heteroatoms. The van der Waals surface area contributed by atoms with Crippen LogP contribution in [0, 0.1) is 13.8 Å². The molecule has 1 aromatic rings. The van der Waals surface area contributed by atoms with Gasteiger partial charge in [-0.1, -0.05) is 39.0 Å². The summed E-state index contributed by atoms with van der Waals surface area (Å²) in [6.45, 7) is 7.00. The lowest BCUT2D eigenvalue weighted by atomic mass is 10.1. The number of thiophene rings is 1. The Morgan fingerprint density at radius 3 is 2.48 bits per heavy atom. The number of hydrogen-bond donors (Lipinski definition) is 2. The molecule has 0 aromatic carbocycles. The topological polar surface area (TPSA) is 50.4 Å². The van der Waals surface area contributed by atoms with Crippen LogP contribution in [0.1, 0.15) is 66.2 Å². The van der Waals surface area contributed by atoms with Crippen molar-refractivity contribution in [1.29, 1.82) is 0 Å². The van der Waals surface area contributed by atoms with Crippen molar-refractivity contribution in [3.05, 3.63) is 16.0 Å². The first-order valence-electron chi connectivity index (χ1n) is 8.24. The summed E-state index contributed by atoms with van der Waals surface area (Å²) in [5.74, 6) is -0.326. The van der Waals surface area contributed by atoms with Crippen LogP contribution in [0.4, 0.5) is 5.00 Å². The zero-order valence-corrected chi connectivity index (χ0v) is 16.2. The predicted molar refractivity (Wildman–Crippen MR) is 103 cm³/mol. The third-order valence-corrected chi connectivity index (χ3v) is 5.19. The number of hydrogen-bond acceptors (Lipinski definition) is 4. The van der Waals surface area contributed by atoms with Gasteiger partial charge in [0.2, 0.25) is 0 Å². The molecule has 0 saturated heterocycles. The Bertz CT molecular complexity index is 527. The third kappa shape index (κ3) is 6.47. The van der Waals surface area contributed by atoms with Gasteiger partial charge in [-0.05, 0) is 38.0 Å². The van der Waals surface area contributed by atoms with Crippen LogP contribution < -0.4 is 10.6 Å². The Hall–Kier alpha value is -1.14. The van der Waals surface area contributed by atoms with E-state index in [9.17, 15) is 4.79 Å². The Kier molecular flexibility index (Phi) is 9.17. The number of aryl methyl sites for hydroxylation is 1. The van der Waals surface area contributed by atoms with Gasteiger partial charge in [0, 0.05) is 11.4 Å². The van der Waals surface area contributed by atoms with E-state index in [0.29, 0.717) is 10.7 Å². The molecule has 0 aliphatic heterocycles. The Balaban J connectivity index is 2.43. The summed E-state index contributed by atoms with van der Waals surface area (Å²) in [6, 6.07) is 0. The van der Waals surface area contributed by atoms with Gasteiger partial charge < -0.3 is 15.4 Å². The van der Waals surface area contributed by atoms with E-state index >= 15 is 0 Å². The Labute approximate surface area is 149 Å². The molecular formula is C17H28N2O2S2. The Morgan fingerprint density at radius 1 is 1.17 bits per heavy atom. The summed E-state index contributed by atoms with van der Waals surface area (Å²) >= 11 is 6.85. The molecule has 0 radical (unpaired) electrons. The largest absolute Gasteiger partial charge is 0.465 e. The minimum Gasteiger partial charge on any atom is -0.465 e. The fraction of sp³-hybridized carbons (Fsp3) is 0.647. The molecule has 130 valence electrons. The highest BCUT2D eigenvalue weighted by atomic mass is 32.1. The van der Waals surface area contributed by atoms with Crippen molar-refractivity contribution >= 4 is 39.6 Å². The predicted octanol–water partition coefficient (Wildman–Crippen LogP) is 4.80. The number of carbonyl (C=O) groups excluding carboxylic acids is 1. The summed E-state index contributed by atoms with van der Waals surface area (Å²) in [5, 5.41) is 7.66. The molecule has 0 fully saturated rings. The Morgan fingerprint density at radius 2 is 1.83 bits per heavy atom. The van der Waals surface area contributed by atoms with Crippen LogP contribution >= 0.6 is 23.6 Å². The molecule has 1 heterocycles. The fourth-order valence-electron chi connectivity index (χ4n) is 2.32. The van der Waals surface area contributed by atoms with E-state index in [1.165, 1.54) is 50.6 Å². The molecule has 4 nitrogen and oxygen atoms in total. The second-order valence-electron chi connectivity index (χ2n) is 5.63. The van der Waals surface area contributed by atoms with Crippen molar-refractivity contribution in [2.24, 2.45) is 0 Å². The number of esters is 1. The molecule has 1 rings (SSSR count). The molecule has 0 aliphatic carbocycles. The maximum Gasteiger partial charge on any atom is 0.341 e. The minimum absolute atomic E-state index is 0.326. The van der Waals surface area contributed by atoms with E-state index in [2.05, 4.69) is 17.6 Å². The molecule has 0 spiro atoms. The van der Waals surface area contributed by atoms with Gasteiger partial charge in [0.25, 0.3) is 0 Å². The highest BCUT2D eigenvalue weighted by Gasteiger charge is 2.20. The summed E-state index contributed by atoms with van der Waals surface area (Å²) in [4.78, 5) is 13.0. The van der Waals surface area contributed by atoms with Crippen LogP contribution in [0.5, 0.6) is 0 Å². The van der Waals surface area contributed by atoms with Crippen LogP contribution in [0.25, 0.3) is 0 Å². The molecule has 0 atom stereocenters. The maximum atomic E-state index is 11.9. The minimum atomic E-state index is -0.326. The van der Waals surface area contributed by atoms with Crippen molar-refractivity contribution in [2.45, 2.75) is 59.3 Å². The number of ether oxygens (including phenoxy) is 1. The first-order chi connectivity index (χ1) is 11.0. The van der Waals surface area contributed by atoms with Gasteiger partial charge in [0.05, 0.1) is 12.7 Å². The fourth-order valence-corrected chi connectivity index (χ4v) is 3.64. The molecule has 0 bridgehead atoms. The summed E-state index contributed by atoms with van der Waals surface area (Å²) in [7, 11) is 1.40. The molecule has 23 heavy (non-hydrogen) atoms. The first kappa shape index (κ1) is 19.9. The lowest BCUT2D eigenvalue weighted by Gasteiger charge is -2.10. The highest BCUT2D eigenvalue weighted by Crippen LogP contribution is 2.32. The van der Waals surface area contributed by atoms with Crippen LogP contribution in [0.2, 0.25) is 0 Å². The van der Waals surface area contributed by atoms with Crippen molar-refractivity contribution in [2.75, 3.05) is 19.0 Å². The molecule has 0 amide bonds. The average molecular weight is 357 g/mol. The molecule has 0 saturated carbocycles. The highest BCUT2D eigenvalue weighted by molar-refractivity contribution is 7.80. The van der Waals surface area contributed by atoms with E-state index in [0.717, 1.165) is 28.4 Å². The maximum absolute atomic E-state index is 11.9. The normalized spacial score (nSPS) is 10.4. The van der Waals surface area contributed by atoms with E-state index in [1.807, 2.05) is 13.8 Å². The van der Waals surface area contributed by atoms with Crippen molar-refractivity contribution in [1.82, 2.24) is 5.32 Å². The lowest BCUT2D eigenvalue weighted by Crippen LogP contribution is -2.29. The van der Waals surface area contributed by atoms with Gasteiger partial charge in [0.15, 0.2) is 5.11 Å². The van der Waals surface area contributed by atoms with Crippen molar-refractivity contribution in [3.63, 3.8) is 0 Å². The van der Waals surface area contributed by atoms with Crippen LogP contribution in [-0.2, 0) is 4.74 Å². The summed E-state index contributed by atoms with van der Waals surface area (Å²) in [5.41, 5.74) is 1.53. The number of carbonyl (C=O) groups is 1. The van der Waals surface area contributed by atoms with Crippen molar-refractivity contribution in [3.8, 4) is 0 Å². The monoisotopic (exact) mass is 356 g/mol. The van der Waals surface area contributed by atoms with Gasteiger partial charge >= 0.3 is 5.97 Å². The molecule has 0 aliphatic rings. The zero-order chi connectivity index (χ0) is 17.2. The molecule has 0 unspecified atom stereocenters. The smallest absolute Gasteiger partial charge is 0.341 e. The summed E-state index contributed by atoms with van der Waals surface area (Å²) in [6.07, 6.45) is 7.52. The van der Waals surface area contributed by atoms with E-state index in [4.69, 9.17) is 17.0 Å². The van der Waals surface area contributed by atoms with Gasteiger partial charge in [-0.3, -0.25) is 0 Å². The van der Waals surface area contributed by atoms with Crippen LogP contribution in [0.3, 0.4) is 0 Å². The van der Waals surface area contributed by atoms with Crippen molar-refractivity contribution < 1.29 is 9.53 Å². The van der Waals surface area contributed by atoms with Gasteiger partial charge in [-0.15, -0.1) is 11.3 Å². The number of unbranched alkanes of at least 4 members (excludes halogenated alkanes) is 5. The lowest BCUT2D eigenvalue weighted by molar-refractivity contribution is 0.0601. The van der Waals surface area contributed by atoms with Gasteiger partial charge in [-0.25, -0.2) is 4.79 Å². The number of nitrogens with one attached hydrogen (secondary N) is 2. The van der Waals surface area contributed by atoms with Gasteiger partial charge in [0.1, 0.15) is 5.00 Å². The van der Waals surface area contributed by atoms with E-state index in [-0.39, 0.29) is 5.97 Å². The SMILES string of the molecule is CCCCCCCCNC(=S)Nc1sc(C)c(C)c1C(=O)OC. The second-order valence-corrected chi connectivity index (χ2v) is 7.26. The van der Waals surface area contributed by atoms with Gasteiger partial charge in [-0.2, -0.15) is 0 Å². The quantitative estimate of drug-likeness (QED) is 0.378. The number of anilines is 1. The molecule has 1 aromatic heterocycles. The van der Waals surface area contributed by atoms with Crippen LogP contribution in [-0.4, -0.2) is 24.7 Å². The second kappa shape index (κ2) is 10.6. The number of rotatable bonds is 9. The molecular weight excluding hydrogens is 328 g/mol. The average Bonchev–Trinajstić information content (AvgIpc) is 2.80. The number of methoxy groups -OCH3 is 1.